The van der Waals surface area contributed by atoms with E-state index in [1.807, 2.05) is 0 Å². The molecule has 1 aromatic rings. The standard InChI is InChI=1S/C13H20N4O6S/c1-16-7-11(14-8-16)24(20,21)17-5-9(10(6-17)15-13(18)19)12-22-3-2-4-23-12/h7-10,12,15H,2-6H2,1H3,(H,18,19)/t9-,10-/m0/s1. The van der Waals surface area contributed by atoms with Crippen LogP contribution in [0.15, 0.2) is 17.6 Å². The Morgan fingerprint density at radius 2 is 2.08 bits per heavy atom. The molecular weight excluding hydrogens is 340 g/mol. The van der Waals surface area contributed by atoms with Crippen molar-refractivity contribution in [1.82, 2.24) is 19.2 Å². The molecule has 2 aliphatic heterocycles. The summed E-state index contributed by atoms with van der Waals surface area (Å²) in [6, 6.07) is -0.607. The van der Waals surface area contributed by atoms with Crippen molar-refractivity contribution < 1.29 is 27.8 Å². The molecule has 1 aromatic heterocycles. The van der Waals surface area contributed by atoms with E-state index >= 15 is 0 Å². The van der Waals surface area contributed by atoms with Crippen molar-refractivity contribution in [3.63, 3.8) is 0 Å². The largest absolute Gasteiger partial charge is 0.465 e. The van der Waals surface area contributed by atoms with E-state index in [9.17, 15) is 13.2 Å². The zero-order valence-corrected chi connectivity index (χ0v) is 14.0. The van der Waals surface area contributed by atoms with Crippen molar-refractivity contribution in [3.8, 4) is 0 Å². The topological polar surface area (TPSA) is 123 Å². The Bertz CT molecular complexity index is 699. The van der Waals surface area contributed by atoms with Crippen molar-refractivity contribution in [2.45, 2.75) is 23.8 Å². The molecule has 2 N–H and O–H groups in total. The van der Waals surface area contributed by atoms with Gasteiger partial charge in [0, 0.05) is 32.3 Å². The lowest BCUT2D eigenvalue weighted by atomic mass is 10.0. The van der Waals surface area contributed by atoms with Crippen LogP contribution in [0.2, 0.25) is 0 Å². The smallest absolute Gasteiger partial charge is 0.404 e. The maximum atomic E-state index is 12.7. The van der Waals surface area contributed by atoms with Crippen LogP contribution in [-0.4, -0.2) is 72.1 Å². The number of carbonyl (C=O) groups is 1. The predicted octanol–water partition coefficient (Wildman–Crippen LogP) is -0.560. The lowest BCUT2D eigenvalue weighted by Crippen LogP contribution is -2.46. The van der Waals surface area contributed by atoms with Crippen LogP contribution in [0.1, 0.15) is 6.42 Å². The van der Waals surface area contributed by atoms with Gasteiger partial charge in [-0.3, -0.25) is 0 Å². The summed E-state index contributed by atoms with van der Waals surface area (Å²) in [5, 5.41) is 11.3. The lowest BCUT2D eigenvalue weighted by Gasteiger charge is -2.30. The highest BCUT2D eigenvalue weighted by Gasteiger charge is 2.45. The van der Waals surface area contributed by atoms with Crippen LogP contribution < -0.4 is 5.32 Å². The Kier molecular flexibility index (Phi) is 4.76. The van der Waals surface area contributed by atoms with Gasteiger partial charge >= 0.3 is 6.09 Å². The maximum Gasteiger partial charge on any atom is 0.404 e. The van der Waals surface area contributed by atoms with E-state index in [0.717, 1.165) is 6.42 Å². The van der Waals surface area contributed by atoms with Crippen molar-refractivity contribution >= 4 is 16.1 Å². The van der Waals surface area contributed by atoms with E-state index < -0.39 is 34.4 Å². The van der Waals surface area contributed by atoms with Gasteiger partial charge in [-0.1, -0.05) is 0 Å². The van der Waals surface area contributed by atoms with Gasteiger partial charge < -0.3 is 24.5 Å². The molecule has 2 atom stereocenters. The van der Waals surface area contributed by atoms with Gasteiger partial charge in [0.15, 0.2) is 11.3 Å². The van der Waals surface area contributed by atoms with E-state index in [0.29, 0.717) is 13.2 Å². The molecule has 10 nitrogen and oxygen atoms in total. The third-order valence-corrected chi connectivity index (χ3v) is 5.85. The fraction of sp³-hybridized carbons (Fsp3) is 0.692. The molecule has 2 aliphatic rings. The number of imidazole rings is 1. The number of nitrogens with zero attached hydrogens (tertiary/aromatic N) is 3. The molecule has 0 aromatic carbocycles. The van der Waals surface area contributed by atoms with Gasteiger partial charge in [0.1, 0.15) is 0 Å². The number of rotatable bonds is 4. The van der Waals surface area contributed by atoms with Crippen LogP contribution in [0.25, 0.3) is 0 Å². The van der Waals surface area contributed by atoms with Crippen LogP contribution in [0.3, 0.4) is 0 Å². The molecule has 0 aliphatic carbocycles. The molecule has 2 saturated heterocycles. The molecule has 2 fully saturated rings. The summed E-state index contributed by atoms with van der Waals surface area (Å²) in [6.07, 6.45) is 1.74. The van der Waals surface area contributed by atoms with Crippen LogP contribution in [0.4, 0.5) is 4.79 Å². The van der Waals surface area contributed by atoms with E-state index in [-0.39, 0.29) is 18.1 Å². The number of carboxylic acid groups (broad SMARTS) is 1. The normalized spacial score (nSPS) is 26.5. The summed E-state index contributed by atoms with van der Waals surface area (Å²) in [5.41, 5.74) is 0. The van der Waals surface area contributed by atoms with E-state index in [1.54, 1.807) is 11.6 Å². The number of ether oxygens (including phenoxy) is 2. The number of hydrogen-bond acceptors (Lipinski definition) is 6. The zero-order valence-electron chi connectivity index (χ0n) is 13.2. The van der Waals surface area contributed by atoms with Gasteiger partial charge in [-0.2, -0.15) is 4.31 Å². The van der Waals surface area contributed by atoms with Gasteiger partial charge in [0.2, 0.25) is 0 Å². The number of hydrogen-bond donors (Lipinski definition) is 2. The van der Waals surface area contributed by atoms with Gasteiger partial charge in [-0.05, 0) is 6.42 Å². The Morgan fingerprint density at radius 1 is 1.38 bits per heavy atom. The summed E-state index contributed by atoms with van der Waals surface area (Å²) in [6.45, 7) is 1.13. The Labute approximate surface area is 139 Å². The average molecular weight is 360 g/mol. The molecule has 0 saturated carbocycles. The number of sulfonamides is 1. The highest BCUT2D eigenvalue weighted by molar-refractivity contribution is 7.89. The molecule has 3 heterocycles. The van der Waals surface area contributed by atoms with Crippen molar-refractivity contribution in [3.05, 3.63) is 12.5 Å². The van der Waals surface area contributed by atoms with E-state index in [4.69, 9.17) is 14.6 Å². The van der Waals surface area contributed by atoms with Gasteiger partial charge in [0.05, 0.1) is 25.6 Å². The minimum absolute atomic E-state index is 0.0130. The average Bonchev–Trinajstić information content (AvgIpc) is 3.15. The Morgan fingerprint density at radius 3 is 2.67 bits per heavy atom. The van der Waals surface area contributed by atoms with Crippen molar-refractivity contribution in [1.29, 1.82) is 0 Å². The minimum Gasteiger partial charge on any atom is -0.465 e. The SMILES string of the molecule is Cn1cnc(S(=O)(=O)N2C[C@H](NC(=O)O)[C@@H](C3OCCCO3)C2)c1. The molecule has 0 spiro atoms. The molecule has 134 valence electrons. The zero-order chi connectivity index (χ0) is 17.3. The highest BCUT2D eigenvalue weighted by Crippen LogP contribution is 2.29. The van der Waals surface area contributed by atoms with Crippen molar-refractivity contribution in [2.24, 2.45) is 13.0 Å². The molecule has 0 radical (unpaired) electrons. The van der Waals surface area contributed by atoms with E-state index in [1.165, 1.54) is 16.8 Å². The third kappa shape index (κ3) is 3.38. The first-order valence-corrected chi connectivity index (χ1v) is 9.02. The van der Waals surface area contributed by atoms with Gasteiger partial charge in [-0.15, -0.1) is 0 Å². The fourth-order valence-electron chi connectivity index (χ4n) is 2.98. The summed E-state index contributed by atoms with van der Waals surface area (Å²) >= 11 is 0. The molecule has 0 unspecified atom stereocenters. The molecule has 1 amide bonds. The number of nitrogens with one attached hydrogen (secondary N) is 1. The number of aryl methyl sites for hydroxylation is 1. The quantitative estimate of drug-likeness (QED) is 0.738. The fourth-order valence-corrected chi connectivity index (χ4v) is 4.45. The first-order valence-electron chi connectivity index (χ1n) is 7.58. The number of amides is 1. The summed E-state index contributed by atoms with van der Waals surface area (Å²) in [5.74, 6) is -0.417. The van der Waals surface area contributed by atoms with Crippen LogP contribution in [0, 0.1) is 5.92 Å². The van der Waals surface area contributed by atoms with Crippen molar-refractivity contribution in [2.75, 3.05) is 26.3 Å². The van der Waals surface area contributed by atoms with E-state index in [2.05, 4.69) is 10.3 Å². The lowest BCUT2D eigenvalue weighted by molar-refractivity contribution is -0.204. The van der Waals surface area contributed by atoms with Gasteiger partial charge in [-0.25, -0.2) is 18.2 Å². The van der Waals surface area contributed by atoms with Crippen LogP contribution in [0.5, 0.6) is 0 Å². The Balaban J connectivity index is 1.81. The third-order valence-electron chi connectivity index (χ3n) is 4.13. The highest BCUT2D eigenvalue weighted by atomic mass is 32.2. The molecule has 24 heavy (non-hydrogen) atoms. The molecular formula is C13H20N4O6S. The molecule has 11 heteroatoms. The van der Waals surface area contributed by atoms with Gasteiger partial charge in [0.25, 0.3) is 10.0 Å². The van der Waals surface area contributed by atoms with Crippen LogP contribution >= 0.6 is 0 Å². The number of aromatic nitrogens is 2. The second-order valence-electron chi connectivity index (χ2n) is 5.88. The molecule has 3 rings (SSSR count). The first kappa shape index (κ1) is 17.1. The summed E-state index contributed by atoms with van der Waals surface area (Å²) in [7, 11) is -2.12. The summed E-state index contributed by atoms with van der Waals surface area (Å²) in [4.78, 5) is 14.9. The predicted molar refractivity (Wildman–Crippen MR) is 80.7 cm³/mol. The first-order chi connectivity index (χ1) is 11.4. The molecule has 0 bridgehead atoms. The minimum atomic E-state index is -3.80. The monoisotopic (exact) mass is 360 g/mol. The Hall–Kier alpha value is -1.69. The maximum absolute atomic E-state index is 12.7. The second-order valence-corrected chi connectivity index (χ2v) is 7.77. The second kappa shape index (κ2) is 6.67. The van der Waals surface area contributed by atoms with Crippen LogP contribution in [-0.2, 0) is 26.5 Å². The summed E-state index contributed by atoms with van der Waals surface area (Å²) < 4.78 is 39.3.